The summed E-state index contributed by atoms with van der Waals surface area (Å²) >= 11 is 0. The molecule has 2 rings (SSSR count). The first-order chi connectivity index (χ1) is 10.6. The van der Waals surface area contributed by atoms with Crippen molar-refractivity contribution in [1.29, 1.82) is 0 Å². The second-order valence-corrected chi connectivity index (χ2v) is 5.21. The Morgan fingerprint density at radius 3 is 2.50 bits per heavy atom. The fourth-order valence-corrected chi connectivity index (χ4v) is 1.74. The van der Waals surface area contributed by atoms with E-state index in [1.165, 1.54) is 10.8 Å². The van der Waals surface area contributed by atoms with Crippen LogP contribution < -0.4 is 15.0 Å². The zero-order chi connectivity index (χ0) is 15.9. The Morgan fingerprint density at radius 1 is 1.18 bits per heavy atom. The van der Waals surface area contributed by atoms with E-state index in [2.05, 4.69) is 24.1 Å². The van der Waals surface area contributed by atoms with Gasteiger partial charge in [-0.1, -0.05) is 32.0 Å². The minimum Gasteiger partial charge on any atom is -0.391 e. The van der Waals surface area contributed by atoms with Crippen LogP contribution in [0, 0.1) is 5.92 Å². The van der Waals surface area contributed by atoms with Gasteiger partial charge in [-0.15, -0.1) is 0 Å². The topological polar surface area (TPSA) is 54.5 Å². The van der Waals surface area contributed by atoms with E-state index in [1.807, 2.05) is 36.4 Å². The van der Waals surface area contributed by atoms with E-state index >= 15 is 0 Å². The summed E-state index contributed by atoms with van der Waals surface area (Å²) in [6.07, 6.45) is 1.17. The standard InChI is InChI=1S/C17H20N3O2/c1-13(2)11-18-14-9-10-16(19-12-14)22-17(21)20(3)15-7-5-4-6-8-15/h4-10,12,18H,11H2,1-3H3. The molecule has 0 aliphatic heterocycles. The van der Waals surface area contributed by atoms with E-state index < -0.39 is 6.09 Å². The minimum atomic E-state index is -0.475. The molecule has 1 radical (unpaired) electrons. The van der Waals surface area contributed by atoms with Crippen LogP contribution in [0.15, 0.2) is 48.7 Å². The molecule has 22 heavy (non-hydrogen) atoms. The number of hydrogen-bond acceptors (Lipinski definition) is 4. The van der Waals surface area contributed by atoms with Gasteiger partial charge in [0.1, 0.15) is 0 Å². The van der Waals surface area contributed by atoms with Crippen LogP contribution >= 0.6 is 0 Å². The van der Waals surface area contributed by atoms with Gasteiger partial charge in [0.25, 0.3) is 0 Å². The molecule has 5 heteroatoms. The summed E-state index contributed by atoms with van der Waals surface area (Å²) in [4.78, 5) is 17.6. The van der Waals surface area contributed by atoms with Gasteiger partial charge in [-0.2, -0.15) is 0 Å². The summed E-state index contributed by atoms with van der Waals surface area (Å²) in [6, 6.07) is 12.8. The summed E-state index contributed by atoms with van der Waals surface area (Å²) in [7, 11) is 1.66. The molecule has 0 aliphatic rings. The fourth-order valence-electron chi connectivity index (χ4n) is 1.74. The highest BCUT2D eigenvalue weighted by molar-refractivity contribution is 5.88. The number of amides is 1. The van der Waals surface area contributed by atoms with E-state index in [4.69, 9.17) is 4.74 Å². The van der Waals surface area contributed by atoms with Gasteiger partial charge >= 0.3 is 6.09 Å². The molecule has 1 aromatic carbocycles. The maximum absolute atomic E-state index is 12.1. The number of anilines is 2. The van der Waals surface area contributed by atoms with Gasteiger partial charge in [0.05, 0.1) is 11.9 Å². The zero-order valence-corrected chi connectivity index (χ0v) is 13.0. The summed E-state index contributed by atoms with van der Waals surface area (Å²) < 4.78 is 5.25. The number of carbonyl (C=O) groups is 1. The number of benzene rings is 1. The molecule has 0 unspecified atom stereocenters. The Labute approximate surface area is 130 Å². The summed E-state index contributed by atoms with van der Waals surface area (Å²) in [5.41, 5.74) is 1.65. The molecule has 1 heterocycles. The highest BCUT2D eigenvalue weighted by Gasteiger charge is 2.13. The van der Waals surface area contributed by atoms with Crippen LogP contribution in [0.4, 0.5) is 16.2 Å². The van der Waals surface area contributed by atoms with Gasteiger partial charge in [0.2, 0.25) is 5.88 Å². The fraction of sp³-hybridized carbons (Fsp3) is 0.235. The Balaban J connectivity index is 1.94. The molecule has 0 spiro atoms. The predicted octanol–water partition coefficient (Wildman–Crippen LogP) is 3.74. The van der Waals surface area contributed by atoms with Crippen molar-refractivity contribution in [2.75, 3.05) is 23.8 Å². The van der Waals surface area contributed by atoms with Crippen LogP contribution in [0.2, 0.25) is 0 Å². The summed E-state index contributed by atoms with van der Waals surface area (Å²) in [5, 5.41) is 3.22. The highest BCUT2D eigenvalue weighted by atomic mass is 16.6. The monoisotopic (exact) mass is 298 g/mol. The van der Waals surface area contributed by atoms with Crippen molar-refractivity contribution in [3.63, 3.8) is 0 Å². The highest BCUT2D eigenvalue weighted by Crippen LogP contribution is 2.16. The van der Waals surface area contributed by atoms with Crippen molar-refractivity contribution in [3.05, 3.63) is 54.6 Å². The lowest BCUT2D eigenvalue weighted by atomic mass is 10.2. The quantitative estimate of drug-likeness (QED) is 0.913. The molecule has 0 saturated heterocycles. The smallest absolute Gasteiger partial charge is 0.391 e. The van der Waals surface area contributed by atoms with E-state index in [1.54, 1.807) is 19.3 Å². The second-order valence-electron chi connectivity index (χ2n) is 5.21. The molecule has 0 aliphatic carbocycles. The second kappa shape index (κ2) is 7.45. The molecule has 1 N–H and O–H groups in total. The number of carbonyl (C=O) groups excluding carboxylic acids is 1. The molecule has 0 saturated carbocycles. The molecular formula is C17H20N3O2. The van der Waals surface area contributed by atoms with E-state index in [9.17, 15) is 4.79 Å². The number of pyridine rings is 1. The molecular weight excluding hydrogens is 278 g/mol. The third-order valence-corrected chi connectivity index (χ3v) is 2.99. The van der Waals surface area contributed by atoms with Gasteiger partial charge in [-0.25, -0.2) is 9.78 Å². The minimum absolute atomic E-state index is 0.274. The van der Waals surface area contributed by atoms with Gasteiger partial charge in [0, 0.05) is 25.3 Å². The molecule has 5 nitrogen and oxygen atoms in total. The molecule has 2 aromatic rings. The lowest BCUT2D eigenvalue weighted by Crippen LogP contribution is -2.29. The summed E-state index contributed by atoms with van der Waals surface area (Å²) in [6.45, 7) is 4.89. The number of rotatable bonds is 5. The molecule has 1 aromatic heterocycles. The van der Waals surface area contributed by atoms with Crippen LogP contribution in [0.5, 0.6) is 5.88 Å². The Morgan fingerprint density at radius 2 is 1.91 bits per heavy atom. The first kappa shape index (κ1) is 15.8. The number of ether oxygens (including phenoxy) is 1. The van der Waals surface area contributed by atoms with Crippen LogP contribution in [0.3, 0.4) is 0 Å². The molecule has 0 bridgehead atoms. The van der Waals surface area contributed by atoms with Crippen molar-refractivity contribution in [2.24, 2.45) is 0 Å². The maximum Gasteiger partial charge on any atom is 0.420 e. The third kappa shape index (κ3) is 4.48. The number of para-hydroxylation sites is 1. The number of nitrogens with zero attached hydrogens (tertiary/aromatic N) is 2. The Bertz CT molecular complexity index is 597. The van der Waals surface area contributed by atoms with Crippen molar-refractivity contribution < 1.29 is 9.53 Å². The first-order valence-electron chi connectivity index (χ1n) is 7.06. The lowest BCUT2D eigenvalue weighted by molar-refractivity contribution is 0.207. The number of aromatic nitrogens is 1. The molecule has 115 valence electrons. The largest absolute Gasteiger partial charge is 0.420 e. The SMILES string of the molecule is C[C](C)CNc1ccc(OC(=O)N(C)c2ccccc2)nc1. The van der Waals surface area contributed by atoms with Crippen LogP contribution in [-0.4, -0.2) is 24.7 Å². The lowest BCUT2D eigenvalue weighted by Gasteiger charge is -2.16. The van der Waals surface area contributed by atoms with E-state index in [-0.39, 0.29) is 5.88 Å². The van der Waals surface area contributed by atoms with Gasteiger partial charge in [0.15, 0.2) is 0 Å². The number of hydrogen-bond donors (Lipinski definition) is 1. The average Bonchev–Trinajstić information content (AvgIpc) is 2.54. The average molecular weight is 298 g/mol. The Hall–Kier alpha value is -2.56. The zero-order valence-electron chi connectivity index (χ0n) is 13.0. The maximum atomic E-state index is 12.1. The predicted molar refractivity (Wildman–Crippen MR) is 88.2 cm³/mol. The number of nitrogens with one attached hydrogen (secondary N) is 1. The molecule has 0 fully saturated rings. The molecule has 0 atom stereocenters. The van der Waals surface area contributed by atoms with Crippen LogP contribution in [0.25, 0.3) is 0 Å². The molecule has 1 amide bonds. The van der Waals surface area contributed by atoms with Crippen molar-refractivity contribution in [1.82, 2.24) is 4.98 Å². The van der Waals surface area contributed by atoms with E-state index in [0.29, 0.717) is 0 Å². The van der Waals surface area contributed by atoms with Gasteiger partial charge in [-0.05, 0) is 24.1 Å². The van der Waals surface area contributed by atoms with E-state index in [0.717, 1.165) is 17.9 Å². The van der Waals surface area contributed by atoms with Gasteiger partial charge < -0.3 is 10.1 Å². The summed E-state index contributed by atoms with van der Waals surface area (Å²) in [5.74, 6) is 1.55. The van der Waals surface area contributed by atoms with Crippen LogP contribution in [0.1, 0.15) is 13.8 Å². The third-order valence-electron chi connectivity index (χ3n) is 2.99. The van der Waals surface area contributed by atoms with Crippen molar-refractivity contribution in [2.45, 2.75) is 13.8 Å². The Kier molecular flexibility index (Phi) is 5.36. The normalized spacial score (nSPS) is 10.4. The first-order valence-corrected chi connectivity index (χ1v) is 7.06. The van der Waals surface area contributed by atoms with Crippen molar-refractivity contribution >= 4 is 17.5 Å². The van der Waals surface area contributed by atoms with Gasteiger partial charge in [-0.3, -0.25) is 4.90 Å². The van der Waals surface area contributed by atoms with Crippen molar-refractivity contribution in [3.8, 4) is 5.88 Å². The van der Waals surface area contributed by atoms with Crippen LogP contribution in [-0.2, 0) is 0 Å².